The van der Waals surface area contributed by atoms with Crippen LogP contribution in [0.4, 0.5) is 9.57 Å². The first-order valence-corrected chi connectivity index (χ1v) is 10.2. The molecule has 0 atom stereocenters. The molecule has 0 N–H and O–H groups in total. The molecule has 0 heterocycles. The second-order valence-electron chi connectivity index (χ2n) is 5.57. The average molecular weight is 454 g/mol. The van der Waals surface area contributed by atoms with Crippen LogP contribution in [-0.2, 0) is 10.2 Å². The predicted octanol–water partition coefficient (Wildman–Crippen LogP) is 6.40. The largest absolute Gasteiger partial charge is 0.332 e. The molecule has 0 aromatic heterocycles. The number of nitro benzene ring substituents is 1. The molecule has 2 aromatic rings. The summed E-state index contributed by atoms with van der Waals surface area (Å²) in [6.07, 6.45) is 13.7. The van der Waals surface area contributed by atoms with Gasteiger partial charge in [-0.25, -0.2) is 0 Å². The molecule has 0 saturated heterocycles. The van der Waals surface area contributed by atoms with Crippen molar-refractivity contribution in [1.82, 2.24) is 0 Å². The van der Waals surface area contributed by atoms with Gasteiger partial charge in [-0.05, 0) is 29.3 Å². The van der Waals surface area contributed by atoms with Crippen LogP contribution in [0, 0.1) is 10.1 Å². The molecule has 9 heteroatoms. The number of hydrogen-bond donors (Lipinski definition) is 0. The minimum Gasteiger partial charge on any atom is -0.258 e. The molecule has 0 bridgehead atoms. The number of benzene rings is 2. The van der Waals surface area contributed by atoms with Crippen molar-refractivity contribution < 1.29 is 17.2 Å². The van der Waals surface area contributed by atoms with Gasteiger partial charge in [0.05, 0.1) is 14.8 Å². The Labute approximate surface area is 177 Å². The minimum atomic E-state index is -4.79. The van der Waals surface area contributed by atoms with Crippen molar-refractivity contribution in [2.24, 2.45) is 0 Å². The molecule has 150 valence electrons. The number of non-ortho nitro benzene ring substituents is 1. The monoisotopic (exact) mass is 453 g/mol. The third kappa shape index (κ3) is 6.98. The highest BCUT2D eigenvalue weighted by atomic mass is 35.5. The van der Waals surface area contributed by atoms with E-state index in [9.17, 15) is 22.4 Å². The van der Waals surface area contributed by atoms with Crippen molar-refractivity contribution in [1.29, 1.82) is 0 Å². The predicted molar refractivity (Wildman–Crippen MR) is 114 cm³/mol. The lowest BCUT2D eigenvalue weighted by Gasteiger charge is -2.00. The summed E-state index contributed by atoms with van der Waals surface area (Å²) in [5.41, 5.74) is 1.12. The van der Waals surface area contributed by atoms with Crippen molar-refractivity contribution >= 4 is 51.3 Å². The first-order valence-electron chi connectivity index (χ1n) is 8.05. The molecule has 0 spiro atoms. The first kappa shape index (κ1) is 22.5. The van der Waals surface area contributed by atoms with E-state index in [1.54, 1.807) is 54.7 Å². The van der Waals surface area contributed by atoms with Gasteiger partial charge in [-0.1, -0.05) is 77.9 Å². The second kappa shape index (κ2) is 10.2. The topological polar surface area (TPSA) is 77.3 Å². The number of halogens is 3. The summed E-state index contributed by atoms with van der Waals surface area (Å²) in [6.45, 7) is 0. The molecule has 0 saturated carbocycles. The van der Waals surface area contributed by atoms with Crippen LogP contribution in [0.3, 0.4) is 0 Å². The van der Waals surface area contributed by atoms with Gasteiger partial charge in [0.15, 0.2) is 0 Å². The van der Waals surface area contributed by atoms with Gasteiger partial charge < -0.3 is 0 Å². The fraction of sp³-hybridized carbons (Fsp3) is 0. The van der Waals surface area contributed by atoms with Crippen LogP contribution in [0.5, 0.6) is 0 Å². The molecule has 0 unspecified atom stereocenters. The van der Waals surface area contributed by atoms with Crippen LogP contribution >= 0.6 is 23.2 Å². The van der Waals surface area contributed by atoms with E-state index in [0.29, 0.717) is 11.1 Å². The van der Waals surface area contributed by atoms with Crippen molar-refractivity contribution in [3.8, 4) is 0 Å². The Morgan fingerprint density at radius 3 is 1.76 bits per heavy atom. The number of nitro groups is 1. The van der Waals surface area contributed by atoms with E-state index in [4.69, 9.17) is 23.2 Å². The van der Waals surface area contributed by atoms with Crippen LogP contribution in [-0.4, -0.2) is 13.3 Å². The third-order valence-electron chi connectivity index (χ3n) is 3.56. The van der Waals surface area contributed by atoms with Gasteiger partial charge in [-0.2, -0.15) is 8.42 Å². The van der Waals surface area contributed by atoms with Gasteiger partial charge >= 0.3 is 10.2 Å². The zero-order chi connectivity index (χ0) is 21.4. The highest BCUT2D eigenvalue weighted by Crippen LogP contribution is 2.24. The highest BCUT2D eigenvalue weighted by Gasteiger charge is 2.12. The van der Waals surface area contributed by atoms with Crippen molar-refractivity contribution in [3.63, 3.8) is 0 Å². The lowest BCUT2D eigenvalue weighted by atomic mass is 10.2. The molecule has 0 aliphatic rings. The molecule has 29 heavy (non-hydrogen) atoms. The summed E-state index contributed by atoms with van der Waals surface area (Å²) in [4.78, 5) is 9.67. The van der Waals surface area contributed by atoms with E-state index < -0.39 is 20.0 Å². The summed E-state index contributed by atoms with van der Waals surface area (Å²) in [5, 5.41) is 11.1. The summed E-state index contributed by atoms with van der Waals surface area (Å²) in [5.74, 6) is 0. The Bertz CT molecular complexity index is 1140. The maximum Gasteiger partial charge on any atom is 0.332 e. The normalized spacial score (nSPS) is 12.7. The van der Waals surface area contributed by atoms with Crippen molar-refractivity contribution in [2.75, 3.05) is 0 Å². The third-order valence-corrected chi connectivity index (χ3v) is 5.03. The number of rotatable bonds is 7. The number of allylic oxidation sites excluding steroid dienone is 6. The Morgan fingerprint density at radius 2 is 1.31 bits per heavy atom. The fourth-order valence-electron chi connectivity index (χ4n) is 2.13. The van der Waals surface area contributed by atoms with E-state index in [-0.39, 0.29) is 15.7 Å². The zero-order valence-electron chi connectivity index (χ0n) is 14.7. The molecule has 0 radical (unpaired) electrons. The van der Waals surface area contributed by atoms with Gasteiger partial charge in [0.2, 0.25) is 0 Å². The van der Waals surface area contributed by atoms with Gasteiger partial charge in [-0.15, -0.1) is 3.89 Å². The molecule has 0 amide bonds. The van der Waals surface area contributed by atoms with Crippen LogP contribution in [0.15, 0.2) is 77.7 Å². The molecule has 0 aliphatic carbocycles. The van der Waals surface area contributed by atoms with Crippen LogP contribution in [0.2, 0.25) is 10.0 Å². The minimum absolute atomic E-state index is 0.0709. The molecular weight excluding hydrogens is 440 g/mol. The van der Waals surface area contributed by atoms with E-state index in [0.717, 1.165) is 12.1 Å². The average Bonchev–Trinajstić information content (AvgIpc) is 2.65. The van der Waals surface area contributed by atoms with Gasteiger partial charge in [-0.3, -0.25) is 10.1 Å². The summed E-state index contributed by atoms with van der Waals surface area (Å²) >= 11 is 11.9. The summed E-state index contributed by atoms with van der Waals surface area (Å²) in [7, 11) is -4.79. The van der Waals surface area contributed by atoms with E-state index >= 15 is 0 Å². The molecule has 5 nitrogen and oxygen atoms in total. The van der Waals surface area contributed by atoms with Crippen LogP contribution < -0.4 is 0 Å². The van der Waals surface area contributed by atoms with Gasteiger partial charge in [0, 0.05) is 17.2 Å². The lowest BCUT2D eigenvalue weighted by molar-refractivity contribution is -0.384. The fourth-order valence-corrected chi connectivity index (χ4v) is 3.17. The van der Waals surface area contributed by atoms with Gasteiger partial charge in [0.25, 0.3) is 5.69 Å². The Hall–Kier alpha value is -2.74. The summed E-state index contributed by atoms with van der Waals surface area (Å²) in [6, 6.07) is 7.82. The van der Waals surface area contributed by atoms with Crippen LogP contribution in [0.1, 0.15) is 11.1 Å². The van der Waals surface area contributed by atoms with E-state index in [2.05, 4.69) is 0 Å². The summed E-state index contributed by atoms with van der Waals surface area (Å²) < 4.78 is 34.6. The number of nitrogens with zero attached hydrogens (tertiary/aromatic N) is 1. The smallest absolute Gasteiger partial charge is 0.258 e. The number of hydrogen-bond acceptors (Lipinski definition) is 4. The first-order chi connectivity index (χ1) is 13.7. The Morgan fingerprint density at radius 1 is 0.828 bits per heavy atom. The standard InChI is InChI=1S/C20H14Cl2FNO4S/c21-19-13-17(24(25)26)11-9-15(19)7-5-3-1-2-4-6-8-16-10-12-18(14-20(16)22)29(23,27)28/h1-14H. The van der Waals surface area contributed by atoms with Gasteiger partial charge in [0.1, 0.15) is 0 Å². The molecular formula is C20H14Cl2FNO4S. The maximum atomic E-state index is 12.9. The maximum absolute atomic E-state index is 12.9. The van der Waals surface area contributed by atoms with Crippen molar-refractivity contribution in [3.05, 3.63) is 104 Å². The molecule has 2 aromatic carbocycles. The molecule has 0 aliphatic heterocycles. The quantitative estimate of drug-likeness (QED) is 0.210. The van der Waals surface area contributed by atoms with E-state index in [1.165, 1.54) is 18.2 Å². The second-order valence-corrected chi connectivity index (χ2v) is 7.73. The zero-order valence-corrected chi connectivity index (χ0v) is 17.0. The van der Waals surface area contributed by atoms with Crippen molar-refractivity contribution in [2.45, 2.75) is 4.90 Å². The molecule has 0 fully saturated rings. The lowest BCUT2D eigenvalue weighted by Crippen LogP contribution is -1.91. The Kier molecular flexibility index (Phi) is 7.90. The highest BCUT2D eigenvalue weighted by molar-refractivity contribution is 7.86. The SMILES string of the molecule is O=[N+]([O-])c1ccc(C=CC=CC=CC=Cc2ccc(S(=O)(=O)F)cc2Cl)c(Cl)c1. The Balaban J connectivity index is 1.94. The van der Waals surface area contributed by atoms with E-state index in [1.807, 2.05) is 0 Å². The molecule has 2 rings (SSSR count). The van der Waals surface area contributed by atoms with Crippen LogP contribution in [0.25, 0.3) is 12.2 Å².